The second-order valence-electron chi connectivity index (χ2n) is 8.57. The average molecular weight is 488 g/mol. The van der Waals surface area contributed by atoms with Gasteiger partial charge in [0.1, 0.15) is 12.6 Å². The number of hydrogen-bond donors (Lipinski definition) is 1. The highest BCUT2D eigenvalue weighted by Crippen LogP contribution is 2.23. The van der Waals surface area contributed by atoms with E-state index in [9.17, 15) is 18.0 Å². The summed E-state index contributed by atoms with van der Waals surface area (Å²) < 4.78 is 26.5. The number of benzene rings is 2. The first kappa shape index (κ1) is 27.4. The van der Waals surface area contributed by atoms with Crippen LogP contribution in [0.15, 0.2) is 48.5 Å². The molecule has 0 saturated carbocycles. The van der Waals surface area contributed by atoms with Crippen molar-refractivity contribution in [1.82, 2.24) is 10.2 Å². The number of rotatable bonds is 12. The predicted octanol–water partition coefficient (Wildman–Crippen LogP) is 3.79. The van der Waals surface area contributed by atoms with Crippen molar-refractivity contribution in [3.05, 3.63) is 65.2 Å². The summed E-state index contributed by atoms with van der Waals surface area (Å²) in [6.07, 6.45) is 3.30. The third-order valence-corrected chi connectivity index (χ3v) is 7.01. The van der Waals surface area contributed by atoms with E-state index in [0.29, 0.717) is 18.7 Å². The number of para-hydroxylation sites is 1. The van der Waals surface area contributed by atoms with E-state index < -0.39 is 22.0 Å². The highest BCUT2D eigenvalue weighted by Gasteiger charge is 2.32. The molecule has 2 rings (SSSR count). The van der Waals surface area contributed by atoms with Gasteiger partial charge in [0, 0.05) is 13.1 Å². The SMILES string of the molecule is CCCCNC(=O)C(CC)N(Cc1ccccc1C)C(=O)CN(c1ccccc1C)S(C)(=O)=O. The molecule has 2 aromatic rings. The second kappa shape index (κ2) is 12.6. The Morgan fingerprint density at radius 2 is 1.59 bits per heavy atom. The molecule has 2 amide bonds. The van der Waals surface area contributed by atoms with Crippen molar-refractivity contribution in [1.29, 1.82) is 0 Å². The molecule has 0 spiro atoms. The molecule has 0 aliphatic heterocycles. The van der Waals surface area contributed by atoms with Crippen LogP contribution in [-0.4, -0.2) is 50.5 Å². The van der Waals surface area contributed by atoms with E-state index in [0.717, 1.165) is 40.1 Å². The van der Waals surface area contributed by atoms with Crippen molar-refractivity contribution in [3.63, 3.8) is 0 Å². The van der Waals surface area contributed by atoms with Crippen LogP contribution in [0.2, 0.25) is 0 Å². The fourth-order valence-corrected chi connectivity index (χ4v) is 4.74. The van der Waals surface area contributed by atoms with Gasteiger partial charge in [0.15, 0.2) is 0 Å². The van der Waals surface area contributed by atoms with Crippen LogP contribution in [-0.2, 0) is 26.2 Å². The van der Waals surface area contributed by atoms with Crippen LogP contribution >= 0.6 is 0 Å². The first-order chi connectivity index (χ1) is 16.1. The lowest BCUT2D eigenvalue weighted by Gasteiger charge is -2.33. The van der Waals surface area contributed by atoms with E-state index in [4.69, 9.17) is 0 Å². The minimum absolute atomic E-state index is 0.219. The minimum Gasteiger partial charge on any atom is -0.354 e. The zero-order valence-corrected chi connectivity index (χ0v) is 21.7. The van der Waals surface area contributed by atoms with Gasteiger partial charge in [-0.25, -0.2) is 8.42 Å². The molecule has 1 N–H and O–H groups in total. The maximum absolute atomic E-state index is 13.7. The Morgan fingerprint density at radius 3 is 2.15 bits per heavy atom. The first-order valence-corrected chi connectivity index (χ1v) is 13.6. The minimum atomic E-state index is -3.74. The van der Waals surface area contributed by atoms with Gasteiger partial charge < -0.3 is 10.2 Å². The molecular weight excluding hydrogens is 450 g/mol. The summed E-state index contributed by atoms with van der Waals surface area (Å²) in [6, 6.07) is 14.0. The van der Waals surface area contributed by atoms with Gasteiger partial charge in [0.25, 0.3) is 0 Å². The van der Waals surface area contributed by atoms with Crippen LogP contribution in [0.5, 0.6) is 0 Å². The summed E-state index contributed by atoms with van der Waals surface area (Å²) in [5.74, 6) is -0.644. The number of nitrogens with one attached hydrogen (secondary N) is 1. The first-order valence-electron chi connectivity index (χ1n) is 11.7. The molecule has 0 aliphatic carbocycles. The standard InChI is InChI=1S/C26H37N3O4S/c1-6-8-17-27-26(31)23(7-2)28(18-22-15-11-9-13-20(22)3)25(30)19-29(34(5,32)33)24-16-12-10-14-21(24)4/h9-16,23H,6-8,17-19H2,1-5H3,(H,27,31). The van der Waals surface area contributed by atoms with Crippen molar-refractivity contribution in [2.45, 2.75) is 59.5 Å². The number of unbranched alkanes of at least 4 members (excludes halogenated alkanes) is 1. The van der Waals surface area contributed by atoms with Crippen LogP contribution in [0.25, 0.3) is 0 Å². The molecule has 34 heavy (non-hydrogen) atoms. The number of anilines is 1. The Balaban J connectivity index is 2.43. The highest BCUT2D eigenvalue weighted by atomic mass is 32.2. The van der Waals surface area contributed by atoms with E-state index in [1.54, 1.807) is 25.1 Å². The van der Waals surface area contributed by atoms with Crippen molar-refractivity contribution in [2.24, 2.45) is 0 Å². The smallest absolute Gasteiger partial charge is 0.244 e. The van der Waals surface area contributed by atoms with E-state index in [2.05, 4.69) is 5.32 Å². The van der Waals surface area contributed by atoms with Gasteiger partial charge in [-0.15, -0.1) is 0 Å². The van der Waals surface area contributed by atoms with Crippen molar-refractivity contribution in [2.75, 3.05) is 23.7 Å². The monoisotopic (exact) mass is 487 g/mol. The topological polar surface area (TPSA) is 86.8 Å². The molecule has 8 heteroatoms. The van der Waals surface area contributed by atoms with E-state index in [1.165, 1.54) is 4.90 Å². The van der Waals surface area contributed by atoms with Crippen molar-refractivity contribution in [3.8, 4) is 0 Å². The van der Waals surface area contributed by atoms with Gasteiger partial charge in [-0.05, 0) is 49.4 Å². The molecule has 0 radical (unpaired) electrons. The highest BCUT2D eigenvalue weighted by molar-refractivity contribution is 7.92. The molecule has 1 atom stereocenters. The van der Waals surface area contributed by atoms with Gasteiger partial charge in [0.2, 0.25) is 21.8 Å². The fraction of sp³-hybridized carbons (Fsp3) is 0.462. The summed E-state index contributed by atoms with van der Waals surface area (Å²) in [4.78, 5) is 28.2. The molecule has 0 bridgehead atoms. The lowest BCUT2D eigenvalue weighted by atomic mass is 10.1. The van der Waals surface area contributed by atoms with E-state index in [1.807, 2.05) is 51.1 Å². The number of nitrogens with zero attached hydrogens (tertiary/aromatic N) is 2. The van der Waals surface area contributed by atoms with Crippen molar-refractivity contribution >= 4 is 27.5 Å². The lowest BCUT2D eigenvalue weighted by Crippen LogP contribution is -2.52. The molecule has 0 fully saturated rings. The summed E-state index contributed by atoms with van der Waals surface area (Å²) in [7, 11) is -3.74. The lowest BCUT2D eigenvalue weighted by molar-refractivity contribution is -0.140. The van der Waals surface area contributed by atoms with Gasteiger partial charge in [-0.2, -0.15) is 0 Å². The second-order valence-corrected chi connectivity index (χ2v) is 10.5. The Morgan fingerprint density at radius 1 is 0.971 bits per heavy atom. The fourth-order valence-electron chi connectivity index (χ4n) is 3.83. The van der Waals surface area contributed by atoms with Gasteiger partial charge in [-0.1, -0.05) is 62.7 Å². The summed E-state index contributed by atoms with van der Waals surface area (Å²) in [5.41, 5.74) is 3.11. The molecule has 0 aromatic heterocycles. The van der Waals surface area contributed by atoms with Gasteiger partial charge >= 0.3 is 0 Å². The van der Waals surface area contributed by atoms with Crippen molar-refractivity contribution < 1.29 is 18.0 Å². The number of carbonyl (C=O) groups excluding carboxylic acids is 2. The summed E-state index contributed by atoms with van der Waals surface area (Å²) in [5, 5.41) is 2.93. The third-order valence-electron chi connectivity index (χ3n) is 5.88. The summed E-state index contributed by atoms with van der Waals surface area (Å²) in [6.45, 7) is 8.04. The number of aryl methyl sites for hydroxylation is 2. The molecule has 0 aliphatic rings. The number of sulfonamides is 1. The Hall–Kier alpha value is -2.87. The largest absolute Gasteiger partial charge is 0.354 e. The van der Waals surface area contributed by atoms with Crippen LogP contribution in [0.3, 0.4) is 0 Å². The van der Waals surface area contributed by atoms with E-state index in [-0.39, 0.29) is 19.0 Å². The zero-order chi connectivity index (χ0) is 25.3. The molecule has 186 valence electrons. The van der Waals surface area contributed by atoms with Gasteiger partial charge in [0.05, 0.1) is 11.9 Å². The maximum atomic E-state index is 13.7. The molecule has 2 aromatic carbocycles. The molecule has 0 saturated heterocycles. The Labute approximate surface area is 204 Å². The maximum Gasteiger partial charge on any atom is 0.244 e. The molecule has 0 heterocycles. The third kappa shape index (κ3) is 7.32. The molecule has 7 nitrogen and oxygen atoms in total. The van der Waals surface area contributed by atoms with Crippen LogP contribution < -0.4 is 9.62 Å². The quantitative estimate of drug-likeness (QED) is 0.462. The average Bonchev–Trinajstić information content (AvgIpc) is 2.78. The van der Waals surface area contributed by atoms with Crippen LogP contribution in [0, 0.1) is 13.8 Å². The predicted molar refractivity (Wildman–Crippen MR) is 137 cm³/mol. The molecule has 1 unspecified atom stereocenters. The summed E-state index contributed by atoms with van der Waals surface area (Å²) >= 11 is 0. The van der Waals surface area contributed by atoms with Gasteiger partial charge in [-0.3, -0.25) is 13.9 Å². The van der Waals surface area contributed by atoms with Crippen LogP contribution in [0.4, 0.5) is 5.69 Å². The normalized spacial score (nSPS) is 12.1. The van der Waals surface area contributed by atoms with Crippen LogP contribution in [0.1, 0.15) is 49.8 Å². The Kier molecular flexibility index (Phi) is 10.1. The molecular formula is C26H37N3O4S. The number of carbonyl (C=O) groups is 2. The number of hydrogen-bond acceptors (Lipinski definition) is 4. The zero-order valence-electron chi connectivity index (χ0n) is 20.9. The van der Waals surface area contributed by atoms with E-state index >= 15 is 0 Å². The Bertz CT molecular complexity index is 1080. The number of amides is 2.